The predicted octanol–water partition coefficient (Wildman–Crippen LogP) is 2.90. The Morgan fingerprint density at radius 3 is 2.33 bits per heavy atom. The van der Waals surface area contributed by atoms with Crippen LogP contribution in [0.25, 0.3) is 0 Å². The van der Waals surface area contributed by atoms with Gasteiger partial charge in [-0.15, -0.1) is 0 Å². The first-order valence-electron chi connectivity index (χ1n) is 5.59. The molecule has 82 valence electrons. The molecule has 0 aromatic carbocycles. The van der Waals surface area contributed by atoms with E-state index in [9.17, 15) is 0 Å². The molecule has 2 rings (SSSR count). The maximum atomic E-state index is 5.86. The summed E-state index contributed by atoms with van der Waals surface area (Å²) < 4.78 is 0. The van der Waals surface area contributed by atoms with Crippen LogP contribution in [0.15, 0.2) is 12.4 Å². The highest BCUT2D eigenvalue weighted by molar-refractivity contribution is 6.29. The van der Waals surface area contributed by atoms with Crippen molar-refractivity contribution in [2.24, 2.45) is 0 Å². The molecule has 1 aliphatic heterocycles. The molecule has 1 aliphatic rings. The summed E-state index contributed by atoms with van der Waals surface area (Å²) in [6.45, 7) is 2.18. The van der Waals surface area contributed by atoms with Gasteiger partial charge in [0.2, 0.25) is 0 Å². The van der Waals surface area contributed by atoms with E-state index in [1.54, 1.807) is 0 Å². The molecular formula is C11H16ClN3. The van der Waals surface area contributed by atoms with Gasteiger partial charge in [-0.1, -0.05) is 30.9 Å². The van der Waals surface area contributed by atoms with Crippen LogP contribution in [-0.2, 0) is 0 Å². The van der Waals surface area contributed by atoms with Crippen LogP contribution in [0.5, 0.6) is 0 Å². The van der Waals surface area contributed by atoms with Gasteiger partial charge in [-0.05, 0) is 12.8 Å². The second-order valence-electron chi connectivity index (χ2n) is 3.95. The van der Waals surface area contributed by atoms with Crippen molar-refractivity contribution < 1.29 is 0 Å². The van der Waals surface area contributed by atoms with Crippen LogP contribution in [0.4, 0.5) is 5.82 Å². The number of hydrogen-bond donors (Lipinski definition) is 0. The summed E-state index contributed by atoms with van der Waals surface area (Å²) in [5.41, 5.74) is 0. The molecule has 1 saturated heterocycles. The highest BCUT2D eigenvalue weighted by Crippen LogP contribution is 2.18. The average molecular weight is 226 g/mol. The molecular weight excluding hydrogens is 210 g/mol. The van der Waals surface area contributed by atoms with Crippen LogP contribution >= 0.6 is 11.6 Å². The minimum absolute atomic E-state index is 0.530. The van der Waals surface area contributed by atoms with Gasteiger partial charge in [0.05, 0.1) is 0 Å². The van der Waals surface area contributed by atoms with Crippen LogP contribution in [0, 0.1) is 0 Å². The molecule has 0 aliphatic carbocycles. The molecule has 0 atom stereocenters. The predicted molar refractivity (Wildman–Crippen MR) is 62.3 cm³/mol. The van der Waals surface area contributed by atoms with Gasteiger partial charge in [0.1, 0.15) is 17.3 Å². The highest BCUT2D eigenvalue weighted by Gasteiger charge is 2.10. The zero-order chi connectivity index (χ0) is 10.5. The summed E-state index contributed by atoms with van der Waals surface area (Å²) >= 11 is 5.86. The lowest BCUT2D eigenvalue weighted by Crippen LogP contribution is -2.27. The molecule has 1 aromatic rings. The summed E-state index contributed by atoms with van der Waals surface area (Å²) in [6, 6.07) is 1.85. The van der Waals surface area contributed by atoms with Crippen LogP contribution in [0.2, 0.25) is 5.15 Å². The number of nitrogens with zero attached hydrogens (tertiary/aromatic N) is 3. The van der Waals surface area contributed by atoms with E-state index in [2.05, 4.69) is 14.9 Å². The molecule has 3 nitrogen and oxygen atoms in total. The molecule has 0 unspecified atom stereocenters. The van der Waals surface area contributed by atoms with Gasteiger partial charge >= 0.3 is 0 Å². The van der Waals surface area contributed by atoms with E-state index >= 15 is 0 Å². The normalized spacial score (nSPS) is 18.3. The number of aromatic nitrogens is 2. The minimum atomic E-state index is 0.530. The van der Waals surface area contributed by atoms with E-state index in [-0.39, 0.29) is 0 Å². The van der Waals surface area contributed by atoms with E-state index < -0.39 is 0 Å². The zero-order valence-corrected chi connectivity index (χ0v) is 9.58. The van der Waals surface area contributed by atoms with E-state index in [0.29, 0.717) is 5.15 Å². The molecule has 15 heavy (non-hydrogen) atoms. The fourth-order valence-electron chi connectivity index (χ4n) is 1.97. The Balaban J connectivity index is 2.06. The fraction of sp³-hybridized carbons (Fsp3) is 0.636. The lowest BCUT2D eigenvalue weighted by molar-refractivity contribution is 0.553. The van der Waals surface area contributed by atoms with Gasteiger partial charge in [0.15, 0.2) is 0 Å². The Morgan fingerprint density at radius 2 is 1.67 bits per heavy atom. The molecule has 4 heteroatoms. The quantitative estimate of drug-likeness (QED) is 0.689. The third kappa shape index (κ3) is 3.06. The largest absolute Gasteiger partial charge is 0.356 e. The summed E-state index contributed by atoms with van der Waals surface area (Å²) in [4.78, 5) is 10.5. The van der Waals surface area contributed by atoms with Gasteiger partial charge in [-0.2, -0.15) is 0 Å². The smallest absolute Gasteiger partial charge is 0.134 e. The first-order valence-corrected chi connectivity index (χ1v) is 5.96. The van der Waals surface area contributed by atoms with Gasteiger partial charge < -0.3 is 4.90 Å². The van der Waals surface area contributed by atoms with Crippen LogP contribution in [-0.4, -0.2) is 23.1 Å². The molecule has 0 saturated carbocycles. The summed E-state index contributed by atoms with van der Waals surface area (Å²) in [5, 5.41) is 0.530. The molecule has 0 N–H and O–H groups in total. The summed E-state index contributed by atoms with van der Waals surface area (Å²) in [7, 11) is 0. The number of rotatable bonds is 1. The molecule has 0 radical (unpaired) electrons. The molecule has 2 heterocycles. The first kappa shape index (κ1) is 10.7. The maximum absolute atomic E-state index is 5.86. The molecule has 1 fully saturated rings. The Morgan fingerprint density at radius 1 is 1.00 bits per heavy atom. The Hall–Kier alpha value is -0.830. The van der Waals surface area contributed by atoms with Crippen molar-refractivity contribution in [1.82, 2.24) is 9.97 Å². The first-order chi connectivity index (χ1) is 7.36. The van der Waals surface area contributed by atoms with E-state index in [4.69, 9.17) is 11.6 Å². The average Bonchev–Trinajstić information content (AvgIpc) is 2.16. The Bertz CT molecular complexity index is 308. The minimum Gasteiger partial charge on any atom is -0.356 e. The van der Waals surface area contributed by atoms with Crippen LogP contribution in [0.1, 0.15) is 32.1 Å². The molecule has 1 aromatic heterocycles. The highest BCUT2D eigenvalue weighted by atomic mass is 35.5. The van der Waals surface area contributed by atoms with Crippen LogP contribution in [0.3, 0.4) is 0 Å². The zero-order valence-electron chi connectivity index (χ0n) is 8.82. The van der Waals surface area contributed by atoms with Crippen molar-refractivity contribution in [3.63, 3.8) is 0 Å². The number of hydrogen-bond acceptors (Lipinski definition) is 3. The fourth-order valence-corrected chi connectivity index (χ4v) is 2.11. The molecule has 0 spiro atoms. The number of anilines is 1. The maximum Gasteiger partial charge on any atom is 0.134 e. The van der Waals surface area contributed by atoms with E-state index in [0.717, 1.165) is 18.9 Å². The summed E-state index contributed by atoms with van der Waals surface area (Å²) in [6.07, 6.45) is 8.07. The van der Waals surface area contributed by atoms with Crippen molar-refractivity contribution in [3.8, 4) is 0 Å². The van der Waals surface area contributed by atoms with Crippen molar-refractivity contribution in [2.45, 2.75) is 32.1 Å². The third-order valence-corrected chi connectivity index (χ3v) is 3.01. The van der Waals surface area contributed by atoms with Crippen molar-refractivity contribution >= 4 is 17.4 Å². The Kier molecular flexibility index (Phi) is 3.78. The third-order valence-electron chi connectivity index (χ3n) is 2.80. The second kappa shape index (κ2) is 5.31. The second-order valence-corrected chi connectivity index (χ2v) is 4.34. The van der Waals surface area contributed by atoms with Crippen molar-refractivity contribution in [1.29, 1.82) is 0 Å². The van der Waals surface area contributed by atoms with Crippen molar-refractivity contribution in [2.75, 3.05) is 18.0 Å². The molecule has 0 bridgehead atoms. The lowest BCUT2D eigenvalue weighted by atomic mass is 10.1. The van der Waals surface area contributed by atoms with Gasteiger partial charge in [0.25, 0.3) is 0 Å². The summed E-state index contributed by atoms with van der Waals surface area (Å²) in [5.74, 6) is 0.969. The topological polar surface area (TPSA) is 29.0 Å². The lowest BCUT2D eigenvalue weighted by Gasteiger charge is -2.25. The van der Waals surface area contributed by atoms with E-state index in [1.165, 1.54) is 38.4 Å². The number of halogens is 1. The SMILES string of the molecule is Clc1cc(N2CCCCCCC2)ncn1. The molecule has 0 amide bonds. The van der Waals surface area contributed by atoms with Crippen molar-refractivity contribution in [3.05, 3.63) is 17.5 Å². The van der Waals surface area contributed by atoms with Gasteiger partial charge in [-0.25, -0.2) is 9.97 Å². The van der Waals surface area contributed by atoms with Gasteiger partial charge in [-0.3, -0.25) is 0 Å². The Labute approximate surface area is 95.5 Å². The van der Waals surface area contributed by atoms with E-state index in [1.807, 2.05) is 6.07 Å². The monoisotopic (exact) mass is 225 g/mol. The van der Waals surface area contributed by atoms with Crippen LogP contribution < -0.4 is 4.90 Å². The van der Waals surface area contributed by atoms with Gasteiger partial charge in [0, 0.05) is 19.2 Å². The standard InChI is InChI=1S/C11H16ClN3/c12-10-8-11(14-9-13-10)15-6-4-2-1-3-5-7-15/h8-9H,1-7H2.